The van der Waals surface area contributed by atoms with Crippen molar-refractivity contribution in [1.29, 1.82) is 0 Å². The molecule has 0 spiro atoms. The first-order valence-corrected chi connectivity index (χ1v) is 10.6. The highest BCUT2D eigenvalue weighted by Gasteiger charge is 2.19. The molecule has 152 valence electrons. The van der Waals surface area contributed by atoms with Crippen LogP contribution in [0.4, 0.5) is 4.39 Å². The number of benzene rings is 1. The lowest BCUT2D eigenvalue weighted by Crippen LogP contribution is -2.27. The number of carbonyl (C=O) groups is 1. The summed E-state index contributed by atoms with van der Waals surface area (Å²) >= 11 is 1.85. The van der Waals surface area contributed by atoms with Gasteiger partial charge in [-0.3, -0.25) is 9.69 Å². The van der Waals surface area contributed by atoms with Crippen LogP contribution in [0.1, 0.15) is 31.8 Å². The molecule has 0 bridgehead atoms. The molecule has 0 saturated carbocycles. The smallest absolute Gasteiger partial charge is 0.251 e. The Morgan fingerprint density at radius 1 is 1.14 bits per heavy atom. The fourth-order valence-electron chi connectivity index (χ4n) is 3.55. The number of nitrogens with one attached hydrogen (secondary N) is 1. The summed E-state index contributed by atoms with van der Waals surface area (Å²) in [4.78, 5) is 17.4. The van der Waals surface area contributed by atoms with Crippen LogP contribution in [-0.4, -0.2) is 45.2 Å². The number of thiophene rings is 1. The zero-order valence-corrected chi connectivity index (χ0v) is 17.2. The van der Waals surface area contributed by atoms with Crippen LogP contribution in [0.5, 0.6) is 0 Å². The van der Waals surface area contributed by atoms with Gasteiger partial charge in [-0.1, -0.05) is 0 Å². The maximum Gasteiger partial charge on any atom is 0.251 e. The minimum absolute atomic E-state index is 0.210. The van der Waals surface area contributed by atoms with E-state index in [1.54, 1.807) is 0 Å². The van der Waals surface area contributed by atoms with E-state index in [0.29, 0.717) is 18.5 Å². The van der Waals surface area contributed by atoms with Crippen LogP contribution in [0.3, 0.4) is 0 Å². The van der Waals surface area contributed by atoms with Gasteiger partial charge in [-0.25, -0.2) is 4.39 Å². The first-order chi connectivity index (χ1) is 14.1. The van der Waals surface area contributed by atoms with E-state index >= 15 is 0 Å². The van der Waals surface area contributed by atoms with Gasteiger partial charge in [0.25, 0.3) is 5.91 Å². The lowest BCUT2D eigenvalue weighted by molar-refractivity contribution is 0.0954. The van der Waals surface area contributed by atoms with E-state index < -0.39 is 0 Å². The normalized spacial score (nSPS) is 14.4. The molecule has 1 aromatic carbocycles. The molecule has 1 aliphatic heterocycles. The summed E-state index contributed by atoms with van der Waals surface area (Å²) in [5.41, 5.74) is 0.450. The summed E-state index contributed by atoms with van der Waals surface area (Å²) in [6.07, 6.45) is 1.49. The lowest BCUT2D eigenvalue weighted by atomic mass is 10.2. The highest BCUT2D eigenvalue weighted by molar-refractivity contribution is 7.11. The zero-order valence-electron chi connectivity index (χ0n) is 16.4. The number of rotatable bonds is 6. The molecule has 3 heterocycles. The predicted molar refractivity (Wildman–Crippen MR) is 110 cm³/mol. The molecule has 0 fully saturated rings. The average Bonchev–Trinajstić information content (AvgIpc) is 3.24. The van der Waals surface area contributed by atoms with E-state index in [1.807, 2.05) is 11.3 Å². The Kier molecular flexibility index (Phi) is 6.01. The zero-order chi connectivity index (χ0) is 20.2. The van der Waals surface area contributed by atoms with E-state index in [-0.39, 0.29) is 11.7 Å². The highest BCUT2D eigenvalue weighted by atomic mass is 32.1. The third kappa shape index (κ3) is 4.89. The van der Waals surface area contributed by atoms with E-state index in [9.17, 15) is 9.18 Å². The van der Waals surface area contributed by atoms with Crippen molar-refractivity contribution in [2.24, 2.45) is 0 Å². The molecule has 29 heavy (non-hydrogen) atoms. The fourth-order valence-corrected chi connectivity index (χ4v) is 4.48. The first kappa shape index (κ1) is 19.7. The predicted octanol–water partition coefficient (Wildman–Crippen LogP) is 2.82. The quantitative estimate of drug-likeness (QED) is 0.675. The van der Waals surface area contributed by atoms with Crippen LogP contribution < -0.4 is 5.32 Å². The molecule has 1 N–H and O–H groups in total. The van der Waals surface area contributed by atoms with Crippen molar-refractivity contribution >= 4 is 17.2 Å². The van der Waals surface area contributed by atoms with Gasteiger partial charge in [0.2, 0.25) is 0 Å². The van der Waals surface area contributed by atoms with E-state index in [2.05, 4.69) is 44.0 Å². The van der Waals surface area contributed by atoms with Crippen LogP contribution in [0, 0.1) is 12.7 Å². The number of carbonyl (C=O) groups excluding carboxylic acids is 1. The molecular formula is C21H24FN5OS. The summed E-state index contributed by atoms with van der Waals surface area (Å²) in [5.74, 6) is 1.34. The average molecular weight is 414 g/mol. The molecular weight excluding hydrogens is 389 g/mol. The lowest BCUT2D eigenvalue weighted by Gasteiger charge is -2.18. The molecule has 1 amide bonds. The van der Waals surface area contributed by atoms with Crippen molar-refractivity contribution in [3.8, 4) is 0 Å². The molecule has 1 aliphatic rings. The number of halogens is 1. The van der Waals surface area contributed by atoms with Crippen LogP contribution in [0.25, 0.3) is 0 Å². The van der Waals surface area contributed by atoms with E-state index in [1.165, 1.54) is 34.0 Å². The van der Waals surface area contributed by atoms with Crippen molar-refractivity contribution < 1.29 is 9.18 Å². The Morgan fingerprint density at radius 3 is 2.72 bits per heavy atom. The summed E-state index contributed by atoms with van der Waals surface area (Å²) in [6, 6.07) is 9.92. The molecule has 0 atom stereocenters. The number of aromatic nitrogens is 3. The second-order valence-corrected chi connectivity index (χ2v) is 8.61. The molecule has 3 aromatic rings. The van der Waals surface area contributed by atoms with E-state index in [4.69, 9.17) is 0 Å². The van der Waals surface area contributed by atoms with Gasteiger partial charge in [-0.05, 0) is 43.3 Å². The van der Waals surface area contributed by atoms with Gasteiger partial charge in [0.15, 0.2) is 0 Å². The Morgan fingerprint density at radius 2 is 1.97 bits per heavy atom. The first-order valence-electron chi connectivity index (χ1n) is 9.81. The second-order valence-electron chi connectivity index (χ2n) is 7.24. The number of nitrogens with zero attached hydrogens (tertiary/aromatic N) is 4. The second kappa shape index (κ2) is 8.84. The van der Waals surface area contributed by atoms with Gasteiger partial charge in [0.05, 0.1) is 0 Å². The maximum atomic E-state index is 13.0. The molecule has 0 radical (unpaired) electrons. The number of aryl methyl sites for hydroxylation is 1. The standard InChI is InChI=1S/C21H24FN5OS/c1-15-2-7-18(29-15)14-26-11-9-20-25-24-19(27(20)13-12-26)8-10-23-21(28)16-3-5-17(22)6-4-16/h2-7H,8-14H2,1H3,(H,23,28). The van der Waals surface area contributed by atoms with Gasteiger partial charge < -0.3 is 9.88 Å². The van der Waals surface area contributed by atoms with Crippen molar-refractivity contribution in [2.75, 3.05) is 19.6 Å². The third-order valence-electron chi connectivity index (χ3n) is 5.11. The maximum absolute atomic E-state index is 13.0. The van der Waals surface area contributed by atoms with E-state index in [0.717, 1.165) is 44.2 Å². The van der Waals surface area contributed by atoms with Crippen molar-refractivity contribution in [3.63, 3.8) is 0 Å². The van der Waals surface area contributed by atoms with Crippen molar-refractivity contribution in [1.82, 2.24) is 25.0 Å². The third-order valence-corrected chi connectivity index (χ3v) is 6.10. The minimum Gasteiger partial charge on any atom is -0.352 e. The molecule has 2 aromatic heterocycles. The molecule has 0 unspecified atom stereocenters. The summed E-state index contributed by atoms with van der Waals surface area (Å²) < 4.78 is 15.2. The van der Waals surface area contributed by atoms with Gasteiger partial charge in [0.1, 0.15) is 17.5 Å². The Labute approximate surface area is 173 Å². The Balaban J connectivity index is 1.31. The minimum atomic E-state index is -0.351. The topological polar surface area (TPSA) is 63.1 Å². The van der Waals surface area contributed by atoms with Crippen LogP contribution in [-0.2, 0) is 25.9 Å². The van der Waals surface area contributed by atoms with Crippen LogP contribution in [0.2, 0.25) is 0 Å². The molecule has 0 saturated heterocycles. The molecule has 6 nitrogen and oxygen atoms in total. The van der Waals surface area contributed by atoms with Crippen LogP contribution in [0.15, 0.2) is 36.4 Å². The summed E-state index contributed by atoms with van der Waals surface area (Å²) in [5, 5.41) is 11.6. The molecule has 4 rings (SSSR count). The van der Waals surface area contributed by atoms with Gasteiger partial charge in [-0.15, -0.1) is 21.5 Å². The van der Waals surface area contributed by atoms with Crippen molar-refractivity contribution in [2.45, 2.75) is 32.9 Å². The van der Waals surface area contributed by atoms with Gasteiger partial charge >= 0.3 is 0 Å². The number of hydrogen-bond acceptors (Lipinski definition) is 5. The Bertz CT molecular complexity index is 981. The monoisotopic (exact) mass is 413 g/mol. The molecule has 0 aliphatic carbocycles. The summed E-state index contributed by atoms with van der Waals surface area (Å²) in [7, 11) is 0. The SMILES string of the molecule is Cc1ccc(CN2CCc3nnc(CCNC(=O)c4ccc(F)cc4)n3CC2)s1. The van der Waals surface area contributed by atoms with Gasteiger partial charge in [0, 0.05) is 60.9 Å². The number of amides is 1. The van der Waals surface area contributed by atoms with Crippen molar-refractivity contribution in [3.05, 3.63) is 69.2 Å². The Hall–Kier alpha value is -2.58. The fraction of sp³-hybridized carbons (Fsp3) is 0.381. The highest BCUT2D eigenvalue weighted by Crippen LogP contribution is 2.19. The largest absolute Gasteiger partial charge is 0.352 e. The summed E-state index contributed by atoms with van der Waals surface area (Å²) in [6.45, 7) is 6.35. The van der Waals surface area contributed by atoms with Crippen LogP contribution >= 0.6 is 11.3 Å². The van der Waals surface area contributed by atoms with Gasteiger partial charge in [-0.2, -0.15) is 0 Å². The molecule has 8 heteroatoms. The number of hydrogen-bond donors (Lipinski definition) is 1. The number of fused-ring (bicyclic) bond motifs is 1.